The number of rotatable bonds is 5. The second kappa shape index (κ2) is 6.43. The van der Waals surface area contributed by atoms with Crippen molar-refractivity contribution in [2.75, 3.05) is 26.7 Å². The van der Waals surface area contributed by atoms with E-state index in [9.17, 15) is 0 Å². The van der Waals surface area contributed by atoms with E-state index < -0.39 is 0 Å². The zero-order chi connectivity index (χ0) is 13.7. The molecule has 0 bridgehead atoms. The molecule has 104 valence electrons. The van der Waals surface area contributed by atoms with E-state index in [0.717, 1.165) is 31.9 Å². The number of para-hydroxylation sites is 1. The van der Waals surface area contributed by atoms with Gasteiger partial charge in [0.2, 0.25) is 0 Å². The van der Waals surface area contributed by atoms with Gasteiger partial charge in [-0.3, -0.25) is 0 Å². The SMILES string of the molecule is CN(CC/C(N)=N/O)CC1CCOc2ccccc21. The molecule has 1 aromatic carbocycles. The van der Waals surface area contributed by atoms with E-state index in [1.54, 1.807) is 0 Å². The monoisotopic (exact) mass is 263 g/mol. The molecule has 0 saturated carbocycles. The van der Waals surface area contributed by atoms with Crippen molar-refractivity contribution in [2.45, 2.75) is 18.8 Å². The van der Waals surface area contributed by atoms with Gasteiger partial charge >= 0.3 is 0 Å². The van der Waals surface area contributed by atoms with Gasteiger partial charge in [-0.25, -0.2) is 0 Å². The van der Waals surface area contributed by atoms with E-state index >= 15 is 0 Å². The number of likely N-dealkylation sites (N-methyl/N-ethyl adjacent to an activating group) is 1. The molecule has 1 atom stereocenters. The summed E-state index contributed by atoms with van der Waals surface area (Å²) in [6.07, 6.45) is 1.61. The summed E-state index contributed by atoms with van der Waals surface area (Å²) < 4.78 is 5.66. The third kappa shape index (κ3) is 3.61. The van der Waals surface area contributed by atoms with Crippen molar-refractivity contribution in [1.29, 1.82) is 0 Å². The van der Waals surface area contributed by atoms with E-state index in [1.165, 1.54) is 5.56 Å². The van der Waals surface area contributed by atoms with Crippen LogP contribution < -0.4 is 10.5 Å². The number of benzene rings is 1. The number of nitrogens with two attached hydrogens (primary N) is 1. The average molecular weight is 263 g/mol. The maximum Gasteiger partial charge on any atom is 0.140 e. The second-order valence-corrected chi connectivity index (χ2v) is 4.98. The Morgan fingerprint density at radius 1 is 1.53 bits per heavy atom. The fourth-order valence-corrected chi connectivity index (χ4v) is 2.43. The van der Waals surface area contributed by atoms with Gasteiger partial charge in [-0.1, -0.05) is 23.4 Å². The zero-order valence-corrected chi connectivity index (χ0v) is 11.2. The third-order valence-corrected chi connectivity index (χ3v) is 3.49. The van der Waals surface area contributed by atoms with Crippen LogP contribution in [0.25, 0.3) is 0 Å². The number of amidine groups is 1. The Bertz CT molecular complexity index is 448. The summed E-state index contributed by atoms with van der Waals surface area (Å²) >= 11 is 0. The van der Waals surface area contributed by atoms with Crippen molar-refractivity contribution in [3.63, 3.8) is 0 Å². The van der Waals surface area contributed by atoms with Gasteiger partial charge in [0, 0.05) is 25.4 Å². The molecule has 0 fully saturated rings. The van der Waals surface area contributed by atoms with E-state index in [2.05, 4.69) is 29.2 Å². The predicted octanol–water partition coefficient (Wildman–Crippen LogP) is 1.62. The molecule has 1 aliphatic heterocycles. The summed E-state index contributed by atoms with van der Waals surface area (Å²) in [5.74, 6) is 1.77. The molecule has 0 aliphatic carbocycles. The molecule has 1 aliphatic rings. The molecule has 2 rings (SSSR count). The minimum absolute atomic E-state index is 0.277. The highest BCUT2D eigenvalue weighted by molar-refractivity contribution is 5.79. The van der Waals surface area contributed by atoms with Crippen LogP contribution in [-0.4, -0.2) is 42.7 Å². The summed E-state index contributed by atoms with van der Waals surface area (Å²) in [5, 5.41) is 11.5. The van der Waals surface area contributed by atoms with Crippen LogP contribution in [0.1, 0.15) is 24.3 Å². The van der Waals surface area contributed by atoms with Crippen LogP contribution in [0, 0.1) is 0 Å². The molecule has 5 heteroatoms. The van der Waals surface area contributed by atoms with Crippen molar-refractivity contribution >= 4 is 5.84 Å². The fourth-order valence-electron chi connectivity index (χ4n) is 2.43. The van der Waals surface area contributed by atoms with Gasteiger partial charge in [0.1, 0.15) is 11.6 Å². The minimum atomic E-state index is 0.277. The molecule has 5 nitrogen and oxygen atoms in total. The average Bonchev–Trinajstić information content (AvgIpc) is 2.45. The predicted molar refractivity (Wildman–Crippen MR) is 74.8 cm³/mol. The molecule has 0 aromatic heterocycles. The van der Waals surface area contributed by atoms with E-state index in [1.807, 2.05) is 12.1 Å². The lowest BCUT2D eigenvalue weighted by atomic mass is 9.92. The van der Waals surface area contributed by atoms with Crippen LogP contribution in [0.3, 0.4) is 0 Å². The van der Waals surface area contributed by atoms with Gasteiger partial charge < -0.3 is 20.6 Å². The highest BCUT2D eigenvalue weighted by Gasteiger charge is 2.22. The molecule has 3 N–H and O–H groups in total. The zero-order valence-electron chi connectivity index (χ0n) is 11.2. The Morgan fingerprint density at radius 3 is 3.11 bits per heavy atom. The van der Waals surface area contributed by atoms with Crippen molar-refractivity contribution in [3.05, 3.63) is 29.8 Å². The molecule has 1 aromatic rings. The number of fused-ring (bicyclic) bond motifs is 1. The van der Waals surface area contributed by atoms with Crippen LogP contribution in [-0.2, 0) is 0 Å². The quantitative estimate of drug-likeness (QED) is 0.366. The molecule has 0 amide bonds. The standard InChI is InChI=1S/C14H21N3O2/c1-17(8-6-14(15)16-18)10-11-7-9-19-13-5-3-2-4-12(11)13/h2-5,11,18H,6-10H2,1H3,(H2,15,16). The summed E-state index contributed by atoms with van der Waals surface area (Å²) in [4.78, 5) is 2.21. The first kappa shape index (κ1) is 13.7. The van der Waals surface area contributed by atoms with E-state index in [-0.39, 0.29) is 5.84 Å². The van der Waals surface area contributed by atoms with Crippen LogP contribution in [0.15, 0.2) is 29.4 Å². The Hall–Kier alpha value is -1.75. The summed E-state index contributed by atoms with van der Waals surface area (Å²) in [6, 6.07) is 8.22. The first-order valence-electron chi connectivity index (χ1n) is 6.57. The fraction of sp³-hybridized carbons (Fsp3) is 0.500. The maximum atomic E-state index is 8.53. The van der Waals surface area contributed by atoms with E-state index in [4.69, 9.17) is 15.7 Å². The number of nitrogens with zero attached hydrogens (tertiary/aromatic N) is 2. The van der Waals surface area contributed by atoms with Crippen LogP contribution in [0.5, 0.6) is 5.75 Å². The second-order valence-electron chi connectivity index (χ2n) is 4.98. The summed E-state index contributed by atoms with van der Waals surface area (Å²) in [6.45, 7) is 2.52. The Balaban J connectivity index is 1.93. The molecule has 0 spiro atoms. The van der Waals surface area contributed by atoms with Crippen molar-refractivity contribution < 1.29 is 9.94 Å². The lowest BCUT2D eigenvalue weighted by Crippen LogP contribution is -2.30. The first-order chi connectivity index (χ1) is 9.20. The Morgan fingerprint density at radius 2 is 2.32 bits per heavy atom. The first-order valence-corrected chi connectivity index (χ1v) is 6.57. The normalized spacial score (nSPS) is 19.1. The number of hydrogen-bond acceptors (Lipinski definition) is 4. The third-order valence-electron chi connectivity index (χ3n) is 3.49. The topological polar surface area (TPSA) is 71.1 Å². The van der Waals surface area contributed by atoms with Crippen molar-refractivity contribution in [2.24, 2.45) is 10.9 Å². The van der Waals surface area contributed by atoms with Gasteiger partial charge in [-0.2, -0.15) is 0 Å². The van der Waals surface area contributed by atoms with Gasteiger partial charge in [-0.15, -0.1) is 0 Å². The summed E-state index contributed by atoms with van der Waals surface area (Å²) in [5.41, 5.74) is 6.77. The number of oxime groups is 1. The van der Waals surface area contributed by atoms with Crippen LogP contribution in [0.2, 0.25) is 0 Å². The highest BCUT2D eigenvalue weighted by Crippen LogP contribution is 2.33. The van der Waals surface area contributed by atoms with E-state index in [0.29, 0.717) is 12.3 Å². The lowest BCUT2D eigenvalue weighted by Gasteiger charge is -2.29. The number of ether oxygens (including phenoxy) is 1. The molecular formula is C14H21N3O2. The van der Waals surface area contributed by atoms with Gasteiger partial charge in [0.05, 0.1) is 6.61 Å². The molecule has 0 radical (unpaired) electrons. The van der Waals surface area contributed by atoms with Crippen LogP contribution in [0.4, 0.5) is 0 Å². The Kier molecular flexibility index (Phi) is 4.63. The minimum Gasteiger partial charge on any atom is -0.493 e. The van der Waals surface area contributed by atoms with Crippen molar-refractivity contribution in [1.82, 2.24) is 4.90 Å². The number of hydrogen-bond donors (Lipinski definition) is 2. The lowest BCUT2D eigenvalue weighted by molar-refractivity contribution is 0.233. The van der Waals surface area contributed by atoms with Gasteiger partial charge in [-0.05, 0) is 25.1 Å². The van der Waals surface area contributed by atoms with Crippen LogP contribution >= 0.6 is 0 Å². The molecular weight excluding hydrogens is 242 g/mol. The largest absolute Gasteiger partial charge is 0.493 e. The molecule has 1 unspecified atom stereocenters. The highest BCUT2D eigenvalue weighted by atomic mass is 16.5. The molecule has 1 heterocycles. The maximum absolute atomic E-state index is 8.53. The van der Waals surface area contributed by atoms with Gasteiger partial charge in [0.25, 0.3) is 0 Å². The van der Waals surface area contributed by atoms with Gasteiger partial charge in [0.15, 0.2) is 0 Å². The molecule has 0 saturated heterocycles. The molecule has 19 heavy (non-hydrogen) atoms. The smallest absolute Gasteiger partial charge is 0.140 e. The summed E-state index contributed by atoms with van der Waals surface area (Å²) in [7, 11) is 2.06. The van der Waals surface area contributed by atoms with Crippen molar-refractivity contribution in [3.8, 4) is 5.75 Å². The Labute approximate surface area is 113 Å².